The Kier molecular flexibility index (Phi) is 1.87. The summed E-state index contributed by atoms with van der Waals surface area (Å²) in [5.74, 6) is 0. The Balaban J connectivity index is 2.69. The number of hydrogen-bond acceptors (Lipinski definition) is 1. The molecule has 0 unspecified atom stereocenters. The summed E-state index contributed by atoms with van der Waals surface area (Å²) in [4.78, 5) is 0. The lowest BCUT2D eigenvalue weighted by molar-refractivity contribution is 0.912. The molecule has 0 spiro atoms. The number of benzene rings is 1. The molecule has 0 saturated heterocycles. The molecule has 0 bridgehead atoms. The molecule has 0 atom stereocenters. The lowest BCUT2D eigenvalue weighted by Gasteiger charge is -2.10. The molecule has 1 aromatic rings. The third kappa shape index (κ3) is 1.15. The summed E-state index contributed by atoms with van der Waals surface area (Å²) < 4.78 is 0. The lowest BCUT2D eigenvalue weighted by Crippen LogP contribution is -1.99. The monoisotopic (exact) mass is 173 g/mol. The van der Waals surface area contributed by atoms with Gasteiger partial charge in [0.25, 0.3) is 0 Å². The first-order chi connectivity index (χ1) is 6.24. The van der Waals surface area contributed by atoms with Gasteiger partial charge in [-0.05, 0) is 42.9 Å². The van der Waals surface area contributed by atoms with Crippen LogP contribution in [-0.4, -0.2) is 0 Å². The van der Waals surface area contributed by atoms with E-state index >= 15 is 0 Å². The molecule has 68 valence electrons. The van der Waals surface area contributed by atoms with Gasteiger partial charge < -0.3 is 5.73 Å². The van der Waals surface area contributed by atoms with Crippen molar-refractivity contribution >= 4 is 11.8 Å². The van der Waals surface area contributed by atoms with E-state index in [2.05, 4.69) is 19.6 Å². The maximum absolute atomic E-state index is 6.07. The first-order valence-corrected chi connectivity index (χ1v) is 4.77. The predicted molar refractivity (Wildman–Crippen MR) is 57.7 cm³/mol. The Morgan fingerprint density at radius 2 is 2.23 bits per heavy atom. The minimum absolute atomic E-state index is 0.961. The van der Waals surface area contributed by atoms with Crippen LogP contribution in [-0.2, 0) is 12.8 Å². The van der Waals surface area contributed by atoms with E-state index in [9.17, 15) is 0 Å². The molecular formula is C12H15N. The first-order valence-electron chi connectivity index (χ1n) is 4.77. The van der Waals surface area contributed by atoms with Crippen LogP contribution in [0, 0.1) is 6.92 Å². The molecule has 0 radical (unpaired) electrons. The van der Waals surface area contributed by atoms with Crippen molar-refractivity contribution in [3.05, 3.63) is 34.9 Å². The highest BCUT2D eigenvalue weighted by Gasteiger charge is 2.16. The van der Waals surface area contributed by atoms with Crippen molar-refractivity contribution in [2.45, 2.75) is 26.2 Å². The smallest absolute Gasteiger partial charge is 0.0425 e. The van der Waals surface area contributed by atoms with Crippen LogP contribution in [0.1, 0.15) is 28.7 Å². The van der Waals surface area contributed by atoms with Crippen LogP contribution in [0.25, 0.3) is 6.08 Å². The molecule has 0 aliphatic heterocycles. The van der Waals surface area contributed by atoms with E-state index in [-0.39, 0.29) is 0 Å². The summed E-state index contributed by atoms with van der Waals surface area (Å²) in [6.45, 7) is 5.90. The van der Waals surface area contributed by atoms with Gasteiger partial charge in [-0.25, -0.2) is 0 Å². The number of nitrogens with two attached hydrogens (primary N) is 1. The number of fused-ring (bicyclic) bond motifs is 1. The molecule has 0 saturated carbocycles. The summed E-state index contributed by atoms with van der Waals surface area (Å²) >= 11 is 0. The van der Waals surface area contributed by atoms with Gasteiger partial charge in [-0.2, -0.15) is 0 Å². The average Bonchev–Trinajstić information content (AvgIpc) is 2.53. The molecule has 0 aromatic heterocycles. The van der Waals surface area contributed by atoms with Crippen LogP contribution in [0.3, 0.4) is 0 Å². The summed E-state index contributed by atoms with van der Waals surface area (Å²) in [5.41, 5.74) is 12.2. The highest BCUT2D eigenvalue weighted by atomic mass is 14.6. The number of nitrogen functional groups attached to an aromatic ring is 1. The number of aryl methyl sites for hydroxylation is 2. The van der Waals surface area contributed by atoms with Gasteiger partial charge in [0, 0.05) is 11.3 Å². The lowest BCUT2D eigenvalue weighted by atomic mass is 9.98. The molecule has 1 aliphatic carbocycles. The summed E-state index contributed by atoms with van der Waals surface area (Å²) in [7, 11) is 0. The number of hydrogen-bond donors (Lipinski definition) is 1. The van der Waals surface area contributed by atoms with E-state index < -0.39 is 0 Å². The van der Waals surface area contributed by atoms with Crippen molar-refractivity contribution in [2.24, 2.45) is 0 Å². The van der Waals surface area contributed by atoms with Gasteiger partial charge in [-0.15, -0.1) is 0 Å². The number of anilines is 1. The predicted octanol–water partition coefficient (Wildman–Crippen LogP) is 2.71. The maximum atomic E-state index is 6.07. The molecule has 1 aromatic carbocycles. The van der Waals surface area contributed by atoms with Crippen molar-refractivity contribution in [3.63, 3.8) is 0 Å². The molecule has 13 heavy (non-hydrogen) atoms. The van der Waals surface area contributed by atoms with Crippen molar-refractivity contribution in [1.82, 2.24) is 0 Å². The normalized spacial score (nSPS) is 14.2. The Morgan fingerprint density at radius 3 is 2.92 bits per heavy atom. The van der Waals surface area contributed by atoms with Crippen molar-refractivity contribution < 1.29 is 0 Å². The first kappa shape index (κ1) is 8.36. The average molecular weight is 173 g/mol. The zero-order valence-corrected chi connectivity index (χ0v) is 8.06. The van der Waals surface area contributed by atoms with Gasteiger partial charge in [0.15, 0.2) is 0 Å². The molecule has 1 aliphatic rings. The van der Waals surface area contributed by atoms with Crippen LogP contribution in [0.5, 0.6) is 0 Å². The van der Waals surface area contributed by atoms with Gasteiger partial charge in [-0.1, -0.05) is 18.7 Å². The largest absolute Gasteiger partial charge is 0.398 e. The maximum Gasteiger partial charge on any atom is 0.0425 e. The van der Waals surface area contributed by atoms with E-state index in [4.69, 9.17) is 5.73 Å². The van der Waals surface area contributed by atoms with E-state index in [1.807, 2.05) is 6.08 Å². The van der Waals surface area contributed by atoms with Crippen LogP contribution in [0.2, 0.25) is 0 Å². The fraction of sp³-hybridized carbons (Fsp3) is 0.333. The Hall–Kier alpha value is -1.24. The van der Waals surface area contributed by atoms with Crippen molar-refractivity contribution in [3.8, 4) is 0 Å². The van der Waals surface area contributed by atoms with E-state index in [1.165, 1.54) is 29.5 Å². The zero-order valence-electron chi connectivity index (χ0n) is 8.06. The van der Waals surface area contributed by atoms with Crippen molar-refractivity contribution in [1.29, 1.82) is 0 Å². The molecule has 1 nitrogen and oxygen atoms in total. The summed E-state index contributed by atoms with van der Waals surface area (Å²) in [6.07, 6.45) is 5.45. The fourth-order valence-electron chi connectivity index (χ4n) is 2.22. The molecule has 0 amide bonds. The second kappa shape index (κ2) is 2.91. The minimum atomic E-state index is 0.961. The fourth-order valence-corrected chi connectivity index (χ4v) is 2.22. The van der Waals surface area contributed by atoms with Gasteiger partial charge in [0.1, 0.15) is 0 Å². The molecule has 1 heteroatoms. The van der Waals surface area contributed by atoms with E-state index in [0.29, 0.717) is 0 Å². The van der Waals surface area contributed by atoms with E-state index in [0.717, 1.165) is 17.7 Å². The summed E-state index contributed by atoms with van der Waals surface area (Å²) in [5, 5.41) is 0. The standard InChI is InChI=1S/C12H15N/c1-3-10-8(2)7-9-5-4-6-11(9)12(10)13/h3,7H,1,4-6,13H2,2H3. The van der Waals surface area contributed by atoms with Gasteiger partial charge >= 0.3 is 0 Å². The Bertz CT molecular complexity index is 364. The Labute approximate surface area is 79.3 Å². The second-order valence-corrected chi connectivity index (χ2v) is 3.72. The quantitative estimate of drug-likeness (QED) is 0.649. The molecule has 0 heterocycles. The molecule has 2 rings (SSSR count). The third-order valence-corrected chi connectivity index (χ3v) is 2.90. The zero-order chi connectivity index (χ0) is 9.42. The van der Waals surface area contributed by atoms with E-state index in [1.54, 1.807) is 0 Å². The minimum Gasteiger partial charge on any atom is -0.398 e. The number of rotatable bonds is 1. The van der Waals surface area contributed by atoms with Crippen LogP contribution >= 0.6 is 0 Å². The van der Waals surface area contributed by atoms with Crippen LogP contribution in [0.4, 0.5) is 5.69 Å². The van der Waals surface area contributed by atoms with Crippen LogP contribution in [0.15, 0.2) is 12.6 Å². The highest BCUT2D eigenvalue weighted by molar-refractivity contribution is 5.72. The highest BCUT2D eigenvalue weighted by Crippen LogP contribution is 2.32. The molecular weight excluding hydrogens is 158 g/mol. The SMILES string of the molecule is C=Cc1c(C)cc2c(c1N)CCC2. The van der Waals surface area contributed by atoms with Gasteiger partial charge in [-0.3, -0.25) is 0 Å². The van der Waals surface area contributed by atoms with Gasteiger partial charge in [0.05, 0.1) is 0 Å². The molecule has 0 fully saturated rings. The Morgan fingerprint density at radius 1 is 1.46 bits per heavy atom. The second-order valence-electron chi connectivity index (χ2n) is 3.72. The van der Waals surface area contributed by atoms with Gasteiger partial charge in [0.2, 0.25) is 0 Å². The van der Waals surface area contributed by atoms with Crippen molar-refractivity contribution in [2.75, 3.05) is 5.73 Å². The summed E-state index contributed by atoms with van der Waals surface area (Å²) in [6, 6.07) is 2.26. The topological polar surface area (TPSA) is 26.0 Å². The van der Waals surface area contributed by atoms with Crippen LogP contribution < -0.4 is 5.73 Å². The third-order valence-electron chi connectivity index (χ3n) is 2.90. The molecule has 2 N–H and O–H groups in total.